The molecule has 0 aromatic carbocycles. The lowest BCUT2D eigenvalue weighted by Crippen LogP contribution is -2.25. The Morgan fingerprint density at radius 3 is 2.06 bits per heavy atom. The van der Waals surface area contributed by atoms with E-state index in [0.29, 0.717) is 19.8 Å². The number of rotatable bonds is 11. The van der Waals surface area contributed by atoms with Crippen molar-refractivity contribution in [2.45, 2.75) is 46.0 Å². The quantitative estimate of drug-likeness (QED) is 0.559. The molecule has 4 unspecified atom stereocenters. The highest BCUT2D eigenvalue weighted by molar-refractivity contribution is 7.40. The summed E-state index contributed by atoms with van der Waals surface area (Å²) in [6.45, 7) is 8.56. The first-order valence-electron chi connectivity index (χ1n) is 6.11. The average Bonchev–Trinajstić information content (AvgIpc) is 2.31. The topological polar surface area (TPSA) is 77.4 Å². The minimum Gasteiger partial charge on any atom is -0.391 e. The van der Waals surface area contributed by atoms with E-state index in [1.807, 2.05) is 13.8 Å². The summed E-state index contributed by atoms with van der Waals surface area (Å²) in [5.41, 5.74) is 0. The summed E-state index contributed by atoms with van der Waals surface area (Å²) in [5, 5.41) is 9.05. The lowest BCUT2D eigenvalue weighted by Gasteiger charge is -2.19. The highest BCUT2D eigenvalue weighted by Gasteiger charge is 2.11. The molecule has 0 amide bonds. The molecule has 0 saturated heterocycles. The van der Waals surface area contributed by atoms with Gasteiger partial charge in [-0.1, -0.05) is 0 Å². The van der Waals surface area contributed by atoms with Crippen molar-refractivity contribution in [1.29, 1.82) is 0 Å². The summed E-state index contributed by atoms with van der Waals surface area (Å²) in [7, 11) is -1.80. The van der Waals surface area contributed by atoms with Crippen molar-refractivity contribution in [3.05, 3.63) is 0 Å². The van der Waals surface area contributed by atoms with Gasteiger partial charge in [-0.3, -0.25) is 0 Å². The van der Waals surface area contributed by atoms with Crippen LogP contribution in [0.3, 0.4) is 0 Å². The third kappa shape index (κ3) is 11.3. The fraction of sp³-hybridized carbons (Fsp3) is 1.00. The molecule has 0 aliphatic rings. The Bertz CT molecular complexity index is 192. The molecular weight excluding hydrogens is 259 g/mol. The second-order valence-corrected chi connectivity index (χ2v) is 5.08. The molecule has 2 N–H and O–H groups in total. The average molecular weight is 284 g/mol. The zero-order chi connectivity index (χ0) is 14.0. The third-order valence-electron chi connectivity index (χ3n) is 1.90. The minimum absolute atomic E-state index is 0.0930. The van der Waals surface area contributed by atoms with Gasteiger partial charge in [-0.25, -0.2) is 0 Å². The number of hydrogen-bond acceptors (Lipinski definition) is 6. The molecule has 6 nitrogen and oxygen atoms in total. The Morgan fingerprint density at radius 1 is 0.944 bits per heavy atom. The molecule has 0 bridgehead atoms. The Kier molecular flexibility index (Phi) is 11.2. The summed E-state index contributed by atoms with van der Waals surface area (Å²) in [5.74, 6) is 0. The monoisotopic (exact) mass is 284 g/mol. The van der Waals surface area contributed by atoms with Crippen LogP contribution in [0.5, 0.6) is 0 Å². The number of aliphatic hydroxyl groups is 1. The van der Waals surface area contributed by atoms with Crippen molar-refractivity contribution in [3.63, 3.8) is 0 Å². The van der Waals surface area contributed by atoms with E-state index in [4.69, 9.17) is 23.6 Å². The van der Waals surface area contributed by atoms with Crippen LogP contribution < -0.4 is 0 Å². The molecule has 110 valence electrons. The van der Waals surface area contributed by atoms with E-state index in [1.54, 1.807) is 13.8 Å². The summed E-state index contributed by atoms with van der Waals surface area (Å²) in [6.07, 6.45) is -0.720. The maximum atomic E-state index is 9.23. The predicted octanol–water partition coefficient (Wildman–Crippen LogP) is 1.45. The first-order chi connectivity index (χ1) is 8.45. The highest BCUT2D eigenvalue weighted by Crippen LogP contribution is 2.32. The number of ether oxygens (including phenoxy) is 2. The second kappa shape index (κ2) is 11.1. The van der Waals surface area contributed by atoms with Crippen molar-refractivity contribution < 1.29 is 28.5 Å². The Morgan fingerprint density at radius 2 is 1.50 bits per heavy atom. The minimum atomic E-state index is -1.80. The van der Waals surface area contributed by atoms with Crippen molar-refractivity contribution in [3.8, 4) is 0 Å². The van der Waals surface area contributed by atoms with E-state index >= 15 is 0 Å². The fourth-order valence-corrected chi connectivity index (χ4v) is 1.65. The SMILES string of the molecule is CCOP(O)OCC(C)OCC(C)OCC(C)O. The maximum Gasteiger partial charge on any atom is 0.329 e. The van der Waals surface area contributed by atoms with E-state index in [-0.39, 0.29) is 18.8 Å². The van der Waals surface area contributed by atoms with Gasteiger partial charge in [0.15, 0.2) is 0 Å². The van der Waals surface area contributed by atoms with Gasteiger partial charge in [-0.2, -0.15) is 0 Å². The van der Waals surface area contributed by atoms with Gasteiger partial charge < -0.3 is 28.5 Å². The summed E-state index contributed by atoms with van der Waals surface area (Å²) in [4.78, 5) is 9.23. The van der Waals surface area contributed by atoms with Gasteiger partial charge in [0.25, 0.3) is 0 Å². The molecule has 0 aliphatic heterocycles. The molecule has 0 radical (unpaired) electrons. The van der Waals surface area contributed by atoms with E-state index in [9.17, 15) is 4.89 Å². The second-order valence-electron chi connectivity index (χ2n) is 4.09. The smallest absolute Gasteiger partial charge is 0.329 e. The van der Waals surface area contributed by atoms with Gasteiger partial charge in [0, 0.05) is 0 Å². The van der Waals surface area contributed by atoms with Crippen LogP contribution in [0.15, 0.2) is 0 Å². The molecule has 7 heteroatoms. The van der Waals surface area contributed by atoms with Gasteiger partial charge in [-0.15, -0.1) is 0 Å². The molecule has 0 heterocycles. The molecule has 0 aromatic rings. The lowest BCUT2D eigenvalue weighted by molar-refractivity contribution is -0.0608. The summed E-state index contributed by atoms with van der Waals surface area (Å²) >= 11 is 0. The standard InChI is InChI=1S/C11H25O6P/c1-5-16-18(13)17-8-11(4)15-7-10(3)14-6-9(2)12/h9-13H,5-8H2,1-4H3. The Balaban J connectivity index is 3.54. The first kappa shape index (κ1) is 18.2. The van der Waals surface area contributed by atoms with Crippen LogP contribution >= 0.6 is 8.60 Å². The van der Waals surface area contributed by atoms with E-state index in [1.165, 1.54) is 0 Å². The van der Waals surface area contributed by atoms with Crippen LogP contribution in [0, 0.1) is 0 Å². The van der Waals surface area contributed by atoms with Crippen LogP contribution in [0.2, 0.25) is 0 Å². The van der Waals surface area contributed by atoms with Gasteiger partial charge in [0.2, 0.25) is 0 Å². The van der Waals surface area contributed by atoms with E-state index < -0.39 is 14.7 Å². The predicted molar refractivity (Wildman–Crippen MR) is 69.2 cm³/mol. The molecule has 0 aromatic heterocycles. The Hall–Kier alpha value is 0.190. The highest BCUT2D eigenvalue weighted by atomic mass is 31.2. The molecule has 4 atom stereocenters. The molecule has 0 saturated carbocycles. The van der Waals surface area contributed by atoms with Crippen LogP contribution in [0.25, 0.3) is 0 Å². The summed E-state index contributed by atoms with van der Waals surface area (Å²) < 4.78 is 20.7. The first-order valence-corrected chi connectivity index (χ1v) is 7.24. The normalized spacial score (nSPS) is 18.3. The Labute approximate surface area is 110 Å². The van der Waals surface area contributed by atoms with E-state index in [0.717, 1.165) is 0 Å². The van der Waals surface area contributed by atoms with Crippen LogP contribution in [-0.2, 0) is 18.5 Å². The van der Waals surface area contributed by atoms with Crippen molar-refractivity contribution in [1.82, 2.24) is 0 Å². The molecule has 0 rings (SSSR count). The maximum absolute atomic E-state index is 9.23. The van der Waals surface area contributed by atoms with E-state index in [2.05, 4.69) is 0 Å². The lowest BCUT2D eigenvalue weighted by atomic mass is 10.4. The molecule has 0 fully saturated rings. The third-order valence-corrected chi connectivity index (χ3v) is 2.75. The zero-order valence-electron chi connectivity index (χ0n) is 11.5. The van der Waals surface area contributed by atoms with Crippen LogP contribution in [0.1, 0.15) is 27.7 Å². The molecular formula is C11H25O6P. The van der Waals surface area contributed by atoms with Crippen molar-refractivity contribution in [2.75, 3.05) is 26.4 Å². The zero-order valence-corrected chi connectivity index (χ0v) is 12.4. The van der Waals surface area contributed by atoms with Gasteiger partial charge in [0.1, 0.15) is 0 Å². The van der Waals surface area contributed by atoms with Crippen molar-refractivity contribution in [2.24, 2.45) is 0 Å². The number of hydrogen-bond donors (Lipinski definition) is 2. The number of aliphatic hydroxyl groups excluding tert-OH is 1. The van der Waals surface area contributed by atoms with Crippen molar-refractivity contribution >= 4 is 8.60 Å². The van der Waals surface area contributed by atoms with Gasteiger partial charge in [0.05, 0.1) is 44.7 Å². The molecule has 0 aliphatic carbocycles. The molecule has 0 spiro atoms. The van der Waals surface area contributed by atoms with Gasteiger partial charge in [-0.05, 0) is 27.7 Å². The van der Waals surface area contributed by atoms with Crippen LogP contribution in [-0.4, -0.2) is 54.7 Å². The summed E-state index contributed by atoms with van der Waals surface area (Å²) in [6, 6.07) is 0. The fourth-order valence-electron chi connectivity index (χ4n) is 1.02. The molecule has 18 heavy (non-hydrogen) atoms. The van der Waals surface area contributed by atoms with Gasteiger partial charge >= 0.3 is 8.60 Å². The largest absolute Gasteiger partial charge is 0.391 e. The van der Waals surface area contributed by atoms with Crippen LogP contribution in [0.4, 0.5) is 0 Å².